The number of nitrogens with zero attached hydrogens (tertiary/aromatic N) is 2. The molecular formula is C26H28N2O8S. The maximum absolute atomic E-state index is 12.9. The Bertz CT molecular complexity index is 1420. The van der Waals surface area contributed by atoms with Gasteiger partial charge < -0.3 is 18.4 Å². The van der Waals surface area contributed by atoms with E-state index in [4.69, 9.17) is 18.4 Å². The quantitative estimate of drug-likeness (QED) is 0.229. The lowest BCUT2D eigenvalue weighted by Gasteiger charge is -2.35. The molecule has 0 saturated carbocycles. The first-order valence-electron chi connectivity index (χ1n) is 11.5. The highest BCUT2D eigenvalue weighted by Crippen LogP contribution is 2.40. The maximum atomic E-state index is 12.9. The molecule has 0 N–H and O–H groups in total. The van der Waals surface area contributed by atoms with Crippen molar-refractivity contribution >= 4 is 15.8 Å². The largest absolute Gasteiger partial charge is 0.493 e. The van der Waals surface area contributed by atoms with E-state index in [2.05, 4.69) is 11.9 Å². The van der Waals surface area contributed by atoms with Crippen LogP contribution in [0.5, 0.6) is 23.0 Å². The minimum absolute atomic E-state index is 0.0377. The van der Waals surface area contributed by atoms with E-state index in [1.165, 1.54) is 30.9 Å². The van der Waals surface area contributed by atoms with Crippen LogP contribution in [0.2, 0.25) is 0 Å². The Labute approximate surface area is 215 Å². The van der Waals surface area contributed by atoms with Crippen molar-refractivity contribution in [2.45, 2.75) is 23.8 Å². The summed E-state index contributed by atoms with van der Waals surface area (Å²) in [6.45, 7) is 0.861. The van der Waals surface area contributed by atoms with Crippen molar-refractivity contribution in [2.24, 2.45) is 0 Å². The van der Waals surface area contributed by atoms with Gasteiger partial charge in [-0.2, -0.15) is 8.42 Å². The van der Waals surface area contributed by atoms with Gasteiger partial charge in [-0.15, -0.1) is 0 Å². The molecule has 196 valence electrons. The first-order valence-corrected chi connectivity index (χ1v) is 12.9. The van der Waals surface area contributed by atoms with Crippen molar-refractivity contribution in [3.05, 3.63) is 81.4 Å². The van der Waals surface area contributed by atoms with Crippen LogP contribution in [0, 0.1) is 10.1 Å². The van der Waals surface area contributed by atoms with Gasteiger partial charge in [0, 0.05) is 18.7 Å². The van der Waals surface area contributed by atoms with Gasteiger partial charge in [0.2, 0.25) is 0 Å². The molecule has 0 aromatic heterocycles. The summed E-state index contributed by atoms with van der Waals surface area (Å²) < 4.78 is 47.4. The Morgan fingerprint density at radius 2 is 1.59 bits per heavy atom. The van der Waals surface area contributed by atoms with E-state index in [1.807, 2.05) is 12.1 Å². The van der Waals surface area contributed by atoms with Crippen LogP contribution in [0.4, 0.5) is 5.69 Å². The fourth-order valence-corrected chi connectivity index (χ4v) is 5.64. The van der Waals surface area contributed by atoms with Crippen molar-refractivity contribution < 1.29 is 31.7 Å². The summed E-state index contributed by atoms with van der Waals surface area (Å²) in [5, 5.41) is 11.3. The molecule has 0 radical (unpaired) electrons. The molecule has 0 fully saturated rings. The predicted octanol–water partition coefficient (Wildman–Crippen LogP) is 4.16. The van der Waals surface area contributed by atoms with Gasteiger partial charge in [0.25, 0.3) is 5.69 Å². The number of hydrogen-bond donors (Lipinski definition) is 0. The van der Waals surface area contributed by atoms with Crippen LogP contribution in [0.15, 0.2) is 59.5 Å². The molecule has 10 nitrogen and oxygen atoms in total. The maximum Gasteiger partial charge on any atom is 0.346 e. The van der Waals surface area contributed by atoms with Crippen molar-refractivity contribution in [1.29, 1.82) is 0 Å². The molecular weight excluding hydrogens is 500 g/mol. The number of para-hydroxylation sites is 1. The Balaban J connectivity index is 1.64. The third-order valence-electron chi connectivity index (χ3n) is 6.46. The summed E-state index contributed by atoms with van der Waals surface area (Å²) in [6, 6.07) is 14.1. The van der Waals surface area contributed by atoms with Crippen molar-refractivity contribution in [3.8, 4) is 23.0 Å². The van der Waals surface area contributed by atoms with Gasteiger partial charge in [-0.05, 0) is 66.9 Å². The van der Waals surface area contributed by atoms with Gasteiger partial charge in [0.15, 0.2) is 27.9 Å². The smallest absolute Gasteiger partial charge is 0.346 e. The van der Waals surface area contributed by atoms with Crippen LogP contribution in [-0.4, -0.2) is 53.2 Å². The average Bonchev–Trinajstić information content (AvgIpc) is 2.90. The van der Waals surface area contributed by atoms with E-state index in [-0.39, 0.29) is 17.5 Å². The normalized spacial score (nSPS) is 15.5. The van der Waals surface area contributed by atoms with Crippen molar-refractivity contribution in [2.75, 3.05) is 34.9 Å². The number of methoxy groups -OCH3 is 3. The molecule has 3 aromatic carbocycles. The van der Waals surface area contributed by atoms with Gasteiger partial charge in [-0.25, -0.2) is 0 Å². The van der Waals surface area contributed by atoms with Crippen LogP contribution < -0.4 is 18.4 Å². The van der Waals surface area contributed by atoms with Gasteiger partial charge in [0.05, 0.1) is 26.3 Å². The van der Waals surface area contributed by atoms with E-state index in [9.17, 15) is 18.5 Å². The van der Waals surface area contributed by atoms with Crippen LogP contribution in [0.25, 0.3) is 0 Å². The summed E-state index contributed by atoms with van der Waals surface area (Å²) in [7, 11) is 2.20. The molecule has 1 unspecified atom stereocenters. The number of nitro groups is 1. The third-order valence-corrected chi connectivity index (χ3v) is 7.74. The van der Waals surface area contributed by atoms with E-state index >= 15 is 0 Å². The Kier molecular flexibility index (Phi) is 7.55. The van der Waals surface area contributed by atoms with Crippen molar-refractivity contribution in [1.82, 2.24) is 4.90 Å². The van der Waals surface area contributed by atoms with Gasteiger partial charge >= 0.3 is 10.1 Å². The zero-order chi connectivity index (χ0) is 26.7. The fraction of sp³-hybridized carbons (Fsp3) is 0.308. The lowest BCUT2D eigenvalue weighted by molar-refractivity contribution is -0.387. The second kappa shape index (κ2) is 10.7. The topological polar surface area (TPSA) is 117 Å². The van der Waals surface area contributed by atoms with Crippen LogP contribution in [0.1, 0.15) is 22.7 Å². The number of hydrogen-bond acceptors (Lipinski definition) is 9. The summed E-state index contributed by atoms with van der Waals surface area (Å²) >= 11 is 0. The number of likely N-dealkylation sites (N-methyl/N-ethyl adjacent to an activating group) is 1. The zero-order valence-corrected chi connectivity index (χ0v) is 21.8. The lowest BCUT2D eigenvalue weighted by Crippen LogP contribution is -2.33. The van der Waals surface area contributed by atoms with Crippen LogP contribution in [-0.2, 0) is 23.0 Å². The van der Waals surface area contributed by atoms with E-state index in [1.54, 1.807) is 26.4 Å². The highest BCUT2D eigenvalue weighted by molar-refractivity contribution is 7.87. The molecule has 4 rings (SSSR count). The summed E-state index contributed by atoms with van der Waals surface area (Å²) in [4.78, 5) is 12.3. The van der Waals surface area contributed by atoms with Crippen molar-refractivity contribution in [3.63, 3.8) is 0 Å². The minimum atomic E-state index is -4.48. The van der Waals surface area contributed by atoms with E-state index in [0.29, 0.717) is 17.9 Å². The van der Waals surface area contributed by atoms with Crippen LogP contribution in [0.3, 0.4) is 0 Å². The molecule has 11 heteroatoms. The zero-order valence-electron chi connectivity index (χ0n) is 21.0. The second-order valence-electron chi connectivity index (χ2n) is 8.60. The molecule has 1 aliphatic rings. The molecule has 3 aromatic rings. The minimum Gasteiger partial charge on any atom is -0.493 e. The summed E-state index contributed by atoms with van der Waals surface area (Å²) in [5.74, 6) is 1.48. The highest BCUT2D eigenvalue weighted by Gasteiger charge is 2.30. The average molecular weight is 529 g/mol. The molecule has 0 amide bonds. The summed E-state index contributed by atoms with van der Waals surface area (Å²) in [6.07, 6.45) is 1.49. The number of ether oxygens (including phenoxy) is 3. The highest BCUT2D eigenvalue weighted by atomic mass is 32.2. The first-order chi connectivity index (χ1) is 17.7. The molecule has 1 atom stereocenters. The number of benzene rings is 3. The van der Waals surface area contributed by atoms with E-state index in [0.717, 1.165) is 36.2 Å². The molecule has 37 heavy (non-hydrogen) atoms. The number of rotatable bonds is 9. The SMILES string of the molecule is COc1cc2c(cc1OC)C(Cc1ccc(OS(=O)(=O)c3ccccc3[N+](=O)[O-])c(OC)c1)N(C)CC2. The van der Waals surface area contributed by atoms with E-state index < -0.39 is 25.6 Å². The molecule has 1 aliphatic heterocycles. The molecule has 0 aliphatic carbocycles. The Hall–Kier alpha value is -3.83. The number of nitro benzene ring substituents is 1. The third kappa shape index (κ3) is 5.32. The first kappa shape index (κ1) is 26.2. The lowest BCUT2D eigenvalue weighted by atomic mass is 9.88. The van der Waals surface area contributed by atoms with Gasteiger partial charge in [0.1, 0.15) is 0 Å². The second-order valence-corrected chi connectivity index (χ2v) is 10.1. The fourth-order valence-electron chi connectivity index (χ4n) is 4.53. The Morgan fingerprint density at radius 1 is 0.946 bits per heavy atom. The monoisotopic (exact) mass is 528 g/mol. The summed E-state index contributed by atoms with van der Waals surface area (Å²) in [5.41, 5.74) is 2.64. The molecule has 0 bridgehead atoms. The van der Waals surface area contributed by atoms with Gasteiger partial charge in [-0.1, -0.05) is 18.2 Å². The number of fused-ring (bicyclic) bond motifs is 1. The van der Waals surface area contributed by atoms with Crippen LogP contribution >= 0.6 is 0 Å². The predicted molar refractivity (Wildman–Crippen MR) is 136 cm³/mol. The molecule has 0 saturated heterocycles. The Morgan fingerprint density at radius 3 is 2.27 bits per heavy atom. The molecule has 1 heterocycles. The molecule has 0 spiro atoms. The van der Waals surface area contributed by atoms with Gasteiger partial charge in [-0.3, -0.25) is 15.0 Å². The standard InChI is InChI=1S/C26H28N2O8S/c1-27-12-11-18-15-24(34-3)25(35-4)16-19(18)21(27)13-17-9-10-22(23(14-17)33-2)36-37(31,32)26-8-6-5-7-20(26)28(29)30/h5-10,14-16,21H,11-13H2,1-4H3.